The molecule has 0 bridgehead atoms. The molecule has 2 N–H and O–H groups in total. The minimum Gasteiger partial charge on any atom is -0.376 e. The largest absolute Gasteiger partial charge is 0.376 e. The van der Waals surface area contributed by atoms with Gasteiger partial charge in [0.1, 0.15) is 6.73 Å². The SMILES string of the molecule is [2H]n1cnc2ccc(N(CO)c3ccccc3)cc2c1=O. The molecule has 1 aromatic heterocycles. The van der Waals surface area contributed by atoms with Crippen molar-refractivity contribution in [2.75, 3.05) is 11.6 Å². The van der Waals surface area contributed by atoms with Gasteiger partial charge in [0.2, 0.25) is 0 Å². The molecule has 0 atom stereocenters. The highest BCUT2D eigenvalue weighted by atomic mass is 16.3. The molecule has 0 spiro atoms. The third-order valence-electron chi connectivity index (χ3n) is 3.10. The van der Waals surface area contributed by atoms with Crippen LogP contribution in [0.25, 0.3) is 10.9 Å². The zero-order valence-electron chi connectivity index (χ0n) is 11.6. The number of nitrogens with one attached hydrogen (secondary N) is 1. The second-order valence-corrected chi connectivity index (χ2v) is 4.29. The Balaban J connectivity index is 2.16. The van der Waals surface area contributed by atoms with Gasteiger partial charge in [-0.1, -0.05) is 18.2 Å². The van der Waals surface area contributed by atoms with E-state index in [1.54, 1.807) is 23.1 Å². The number of aliphatic hydroxyl groups is 1. The number of benzene rings is 2. The maximum Gasteiger partial charge on any atom is 0.258 e. The van der Waals surface area contributed by atoms with Gasteiger partial charge >= 0.3 is 0 Å². The van der Waals surface area contributed by atoms with Crippen molar-refractivity contribution in [3.8, 4) is 0 Å². The lowest BCUT2D eigenvalue weighted by Crippen LogP contribution is -2.18. The summed E-state index contributed by atoms with van der Waals surface area (Å²) in [4.78, 5) is 18.4. The minimum atomic E-state index is -0.437. The molecule has 0 fully saturated rings. The number of aromatic nitrogens is 2. The predicted octanol–water partition coefficient (Wildman–Crippen LogP) is 2.01. The van der Waals surface area contributed by atoms with Crippen LogP contribution in [0.15, 0.2) is 59.7 Å². The maximum atomic E-state index is 12.0. The van der Waals surface area contributed by atoms with E-state index < -0.39 is 5.56 Å². The summed E-state index contributed by atoms with van der Waals surface area (Å²) < 4.78 is 7.47. The van der Waals surface area contributed by atoms with Crippen molar-refractivity contribution >= 4 is 22.3 Å². The van der Waals surface area contributed by atoms with E-state index in [1.165, 1.54) is 6.33 Å². The zero-order valence-corrected chi connectivity index (χ0v) is 10.6. The Morgan fingerprint density at radius 3 is 2.75 bits per heavy atom. The molecule has 1 heterocycles. The predicted molar refractivity (Wildman–Crippen MR) is 78.0 cm³/mol. The minimum absolute atomic E-state index is 0.217. The molecule has 3 rings (SSSR count). The Morgan fingerprint density at radius 2 is 2.00 bits per heavy atom. The summed E-state index contributed by atoms with van der Waals surface area (Å²) in [6, 6.07) is 14.5. The summed E-state index contributed by atoms with van der Waals surface area (Å²) >= 11 is 0. The van der Waals surface area contributed by atoms with E-state index in [-0.39, 0.29) is 6.73 Å². The Labute approximate surface area is 116 Å². The van der Waals surface area contributed by atoms with Crippen LogP contribution in [0.5, 0.6) is 0 Å². The summed E-state index contributed by atoms with van der Waals surface area (Å²) in [6.07, 6.45) is 1.17. The molecule has 0 amide bonds. The van der Waals surface area contributed by atoms with Crippen LogP contribution in [0.2, 0.25) is 1.41 Å². The molecule has 0 radical (unpaired) electrons. The van der Waals surface area contributed by atoms with E-state index in [4.69, 9.17) is 1.41 Å². The number of aromatic amines is 1. The summed E-state index contributed by atoms with van der Waals surface area (Å²) in [5, 5.41) is 9.97. The van der Waals surface area contributed by atoms with E-state index in [9.17, 15) is 9.90 Å². The zero-order chi connectivity index (χ0) is 14.8. The maximum absolute atomic E-state index is 12.0. The van der Waals surface area contributed by atoms with E-state index in [0.29, 0.717) is 21.6 Å². The number of anilines is 2. The Morgan fingerprint density at radius 1 is 1.20 bits per heavy atom. The number of rotatable bonds is 3. The summed E-state index contributed by atoms with van der Waals surface area (Å²) in [5.74, 6) is 0. The standard InChI is InChI=1S/C15H13N3O2/c19-10-18(11-4-2-1-3-5-11)12-6-7-14-13(8-12)15(20)17-9-16-14/h1-9,19H,10H2,(H,16,17,20)/i/hD. The summed E-state index contributed by atoms with van der Waals surface area (Å²) in [5.41, 5.74) is 1.57. The topological polar surface area (TPSA) is 69.2 Å². The van der Waals surface area contributed by atoms with E-state index in [0.717, 1.165) is 5.69 Å². The molecule has 0 saturated heterocycles. The van der Waals surface area contributed by atoms with Crippen LogP contribution in [0.4, 0.5) is 11.4 Å². The Kier molecular flexibility index (Phi) is 2.88. The van der Waals surface area contributed by atoms with Crippen LogP contribution in [0.3, 0.4) is 0 Å². The average molecular weight is 268 g/mol. The third kappa shape index (κ3) is 2.15. The third-order valence-corrected chi connectivity index (χ3v) is 3.10. The Bertz CT molecular complexity index is 833. The number of para-hydroxylation sites is 1. The van der Waals surface area contributed by atoms with E-state index in [1.807, 2.05) is 30.3 Å². The van der Waals surface area contributed by atoms with Gasteiger partial charge < -0.3 is 15.0 Å². The average Bonchev–Trinajstić information content (AvgIpc) is 2.53. The molecular weight excluding hydrogens is 254 g/mol. The number of aliphatic hydroxyl groups excluding tert-OH is 1. The van der Waals surface area contributed by atoms with Gasteiger partial charge in [0.05, 0.1) is 17.2 Å². The smallest absolute Gasteiger partial charge is 0.258 e. The Hall–Kier alpha value is -2.66. The highest BCUT2D eigenvalue weighted by Crippen LogP contribution is 2.26. The number of hydrogen-bond donors (Lipinski definition) is 2. The first kappa shape index (κ1) is 11.2. The van der Waals surface area contributed by atoms with Gasteiger partial charge in [-0.05, 0) is 30.3 Å². The molecule has 20 heavy (non-hydrogen) atoms. The van der Waals surface area contributed by atoms with Crippen molar-refractivity contribution in [1.29, 1.82) is 0 Å². The number of nitrogens with zero attached hydrogens (tertiary/aromatic N) is 2. The van der Waals surface area contributed by atoms with Gasteiger partial charge in [-0.25, -0.2) is 4.98 Å². The molecule has 5 nitrogen and oxygen atoms in total. The fourth-order valence-electron chi connectivity index (χ4n) is 2.11. The van der Waals surface area contributed by atoms with Crippen molar-refractivity contribution in [3.05, 3.63) is 65.2 Å². The quantitative estimate of drug-likeness (QED) is 0.713. The van der Waals surface area contributed by atoms with Crippen LogP contribution in [-0.2, 0) is 0 Å². The van der Waals surface area contributed by atoms with Crippen molar-refractivity contribution in [2.24, 2.45) is 0 Å². The van der Waals surface area contributed by atoms with Crippen LogP contribution in [0.1, 0.15) is 0 Å². The molecule has 0 saturated carbocycles. The number of hydrogen-bond acceptors (Lipinski definition) is 4. The van der Waals surface area contributed by atoms with Crippen LogP contribution >= 0.6 is 0 Å². The number of fused-ring (bicyclic) bond motifs is 1. The van der Waals surface area contributed by atoms with Crippen molar-refractivity contribution < 1.29 is 6.52 Å². The molecule has 0 unspecified atom stereocenters. The fraction of sp³-hybridized carbons (Fsp3) is 0.0667. The summed E-state index contributed by atoms with van der Waals surface area (Å²) in [7, 11) is 0. The molecule has 5 heteroatoms. The lowest BCUT2D eigenvalue weighted by molar-refractivity contribution is 0.305. The first-order valence-electron chi connectivity index (χ1n) is 6.59. The fourth-order valence-corrected chi connectivity index (χ4v) is 2.11. The monoisotopic (exact) mass is 268 g/mol. The van der Waals surface area contributed by atoms with Crippen molar-refractivity contribution in [1.82, 2.24) is 9.96 Å². The van der Waals surface area contributed by atoms with Crippen LogP contribution < -0.4 is 10.5 Å². The molecule has 0 aliphatic rings. The molecule has 3 aromatic rings. The lowest BCUT2D eigenvalue weighted by Gasteiger charge is -2.22. The van der Waals surface area contributed by atoms with Gasteiger partial charge in [0.25, 0.3) is 5.56 Å². The molecule has 0 aliphatic heterocycles. The second kappa shape index (κ2) is 5.14. The van der Waals surface area contributed by atoms with Crippen molar-refractivity contribution in [3.63, 3.8) is 0 Å². The number of H-pyrrole nitrogens is 1. The van der Waals surface area contributed by atoms with Gasteiger partial charge in [-0.2, -0.15) is 0 Å². The first-order chi connectivity index (χ1) is 10.2. The molecule has 100 valence electrons. The lowest BCUT2D eigenvalue weighted by atomic mass is 10.2. The molecule has 2 aromatic carbocycles. The van der Waals surface area contributed by atoms with Crippen LogP contribution in [-0.4, -0.2) is 21.8 Å². The highest BCUT2D eigenvalue weighted by molar-refractivity contribution is 5.82. The van der Waals surface area contributed by atoms with E-state index >= 15 is 0 Å². The van der Waals surface area contributed by atoms with Gasteiger partial charge in [0, 0.05) is 11.4 Å². The first-order valence-corrected chi connectivity index (χ1v) is 6.15. The van der Waals surface area contributed by atoms with Gasteiger partial charge in [0.15, 0.2) is 1.41 Å². The summed E-state index contributed by atoms with van der Waals surface area (Å²) in [6.45, 7) is -0.217. The highest BCUT2D eigenvalue weighted by Gasteiger charge is 2.09. The van der Waals surface area contributed by atoms with Crippen molar-refractivity contribution in [2.45, 2.75) is 0 Å². The van der Waals surface area contributed by atoms with Gasteiger partial charge in [-0.3, -0.25) is 4.79 Å². The molecule has 0 aliphatic carbocycles. The van der Waals surface area contributed by atoms with Gasteiger partial charge in [-0.15, -0.1) is 0 Å². The normalized spacial score (nSPS) is 11.3. The molecular formula is C15H13N3O2. The van der Waals surface area contributed by atoms with E-state index in [2.05, 4.69) is 4.98 Å². The van der Waals surface area contributed by atoms with Crippen LogP contribution in [0, 0.1) is 0 Å². The second-order valence-electron chi connectivity index (χ2n) is 4.29.